The van der Waals surface area contributed by atoms with Gasteiger partial charge >= 0.3 is 0 Å². The maximum absolute atomic E-state index is 12.7. The first-order valence-electron chi connectivity index (χ1n) is 3.48. The molecule has 1 aliphatic heterocycles. The normalized spacial score (nSPS) is 18.6. The van der Waals surface area contributed by atoms with Crippen LogP contribution in [0.5, 0.6) is 0 Å². The predicted molar refractivity (Wildman–Crippen MR) is 40.4 cm³/mol. The minimum Gasteiger partial charge on any atom is -0.207 e. The van der Waals surface area contributed by atoms with E-state index < -0.39 is 21.7 Å². The largest absolute Gasteiger partial charge is 0.241 e. The van der Waals surface area contributed by atoms with Crippen LogP contribution in [-0.2, 0) is 16.6 Å². The summed E-state index contributed by atoms with van der Waals surface area (Å²) in [6, 6.07) is 1.59. The van der Waals surface area contributed by atoms with Crippen LogP contribution < -0.4 is 4.72 Å². The molecule has 0 aromatic heterocycles. The molecule has 0 spiro atoms. The molecule has 1 aromatic carbocycles. The molecule has 0 atom stereocenters. The van der Waals surface area contributed by atoms with E-state index >= 15 is 0 Å². The van der Waals surface area contributed by atoms with Crippen molar-refractivity contribution < 1.29 is 17.2 Å². The van der Waals surface area contributed by atoms with Crippen molar-refractivity contribution >= 4 is 10.0 Å². The van der Waals surface area contributed by atoms with E-state index in [1.165, 1.54) is 0 Å². The van der Waals surface area contributed by atoms with E-state index in [2.05, 4.69) is 4.72 Å². The van der Waals surface area contributed by atoms with Crippen molar-refractivity contribution in [2.45, 2.75) is 11.4 Å². The second kappa shape index (κ2) is 2.49. The van der Waals surface area contributed by atoms with E-state index in [0.29, 0.717) is 6.07 Å². The van der Waals surface area contributed by atoms with Crippen LogP contribution in [0, 0.1) is 11.6 Å². The average Bonchev–Trinajstić information content (AvgIpc) is 2.31. The number of nitrogens with one attached hydrogen (secondary N) is 1. The summed E-state index contributed by atoms with van der Waals surface area (Å²) in [7, 11) is -3.60. The fourth-order valence-corrected chi connectivity index (χ4v) is 2.44. The van der Waals surface area contributed by atoms with Crippen molar-refractivity contribution in [2.75, 3.05) is 0 Å². The van der Waals surface area contributed by atoms with E-state index in [9.17, 15) is 17.2 Å². The Morgan fingerprint density at radius 3 is 2.54 bits per heavy atom. The summed E-state index contributed by atoms with van der Waals surface area (Å²) in [6.45, 7) is 0.0227. The van der Waals surface area contributed by atoms with Crippen molar-refractivity contribution in [1.29, 1.82) is 0 Å². The van der Waals surface area contributed by atoms with Gasteiger partial charge in [-0.05, 0) is 17.7 Å². The van der Waals surface area contributed by atoms with Crippen molar-refractivity contribution in [3.8, 4) is 0 Å². The lowest BCUT2D eigenvalue weighted by atomic mass is 10.2. The molecule has 1 aliphatic rings. The average molecular weight is 205 g/mol. The van der Waals surface area contributed by atoms with E-state index in [1.54, 1.807) is 0 Å². The first kappa shape index (κ1) is 8.58. The van der Waals surface area contributed by atoms with E-state index in [4.69, 9.17) is 0 Å². The molecule has 0 aliphatic carbocycles. The van der Waals surface area contributed by atoms with Gasteiger partial charge in [-0.2, -0.15) is 0 Å². The molecule has 3 nitrogen and oxygen atoms in total. The maximum atomic E-state index is 12.7. The van der Waals surface area contributed by atoms with Gasteiger partial charge in [-0.25, -0.2) is 21.9 Å². The monoisotopic (exact) mass is 205 g/mol. The lowest BCUT2D eigenvalue weighted by molar-refractivity contribution is 0.503. The van der Waals surface area contributed by atoms with Crippen LogP contribution in [0.15, 0.2) is 17.0 Å². The Morgan fingerprint density at radius 2 is 1.85 bits per heavy atom. The van der Waals surface area contributed by atoms with Crippen molar-refractivity contribution in [3.05, 3.63) is 29.3 Å². The van der Waals surface area contributed by atoms with Gasteiger partial charge in [0, 0.05) is 6.54 Å². The highest BCUT2D eigenvalue weighted by Crippen LogP contribution is 2.24. The van der Waals surface area contributed by atoms with Gasteiger partial charge in [-0.1, -0.05) is 0 Å². The molecule has 1 N–H and O–H groups in total. The van der Waals surface area contributed by atoms with Crippen LogP contribution in [-0.4, -0.2) is 8.42 Å². The SMILES string of the molecule is O=S1(=O)NCc2cc(F)c(F)cc21. The van der Waals surface area contributed by atoms with Crippen molar-refractivity contribution in [1.82, 2.24) is 4.72 Å². The van der Waals surface area contributed by atoms with E-state index in [1.807, 2.05) is 0 Å². The Kier molecular flexibility index (Phi) is 1.64. The standard InChI is InChI=1S/C7H5F2NO2S/c8-5-1-4-3-10-13(11,12)7(4)2-6(5)9/h1-2,10H,3H2. The molecule has 0 radical (unpaired) electrons. The minimum absolute atomic E-state index is 0.0227. The summed E-state index contributed by atoms with van der Waals surface area (Å²) in [5, 5.41) is 0. The van der Waals surface area contributed by atoms with E-state index in [0.717, 1.165) is 6.07 Å². The lowest BCUT2D eigenvalue weighted by Crippen LogP contribution is -2.13. The van der Waals surface area contributed by atoms with Gasteiger partial charge in [-0.3, -0.25) is 0 Å². The number of hydrogen-bond donors (Lipinski definition) is 1. The smallest absolute Gasteiger partial charge is 0.207 e. The van der Waals surface area contributed by atoms with Crippen LogP contribution in [0.2, 0.25) is 0 Å². The van der Waals surface area contributed by atoms with Gasteiger partial charge in [-0.15, -0.1) is 0 Å². The molecule has 0 saturated heterocycles. The first-order chi connectivity index (χ1) is 6.00. The van der Waals surface area contributed by atoms with Crippen LogP contribution in [0.1, 0.15) is 5.56 Å². The minimum atomic E-state index is -3.60. The van der Waals surface area contributed by atoms with Crippen LogP contribution in [0.25, 0.3) is 0 Å². The lowest BCUT2D eigenvalue weighted by Gasteiger charge is -1.97. The van der Waals surface area contributed by atoms with Gasteiger partial charge < -0.3 is 0 Å². The third-order valence-corrected chi connectivity index (χ3v) is 3.33. The van der Waals surface area contributed by atoms with Crippen LogP contribution >= 0.6 is 0 Å². The van der Waals surface area contributed by atoms with Gasteiger partial charge in [0.1, 0.15) is 0 Å². The first-order valence-corrected chi connectivity index (χ1v) is 4.96. The van der Waals surface area contributed by atoms with Gasteiger partial charge in [0.25, 0.3) is 0 Å². The molecule has 0 amide bonds. The molecule has 0 fully saturated rings. The molecular formula is C7H5F2NO2S. The van der Waals surface area contributed by atoms with Crippen molar-refractivity contribution in [3.63, 3.8) is 0 Å². The molecule has 0 bridgehead atoms. The Balaban J connectivity index is 2.75. The van der Waals surface area contributed by atoms with Gasteiger partial charge in [0.15, 0.2) is 11.6 Å². The summed E-state index contributed by atoms with van der Waals surface area (Å²) >= 11 is 0. The van der Waals surface area contributed by atoms with Gasteiger partial charge in [0.2, 0.25) is 10.0 Å². The quantitative estimate of drug-likeness (QED) is 0.679. The zero-order valence-electron chi connectivity index (χ0n) is 6.34. The number of sulfonamides is 1. The second-order valence-corrected chi connectivity index (χ2v) is 4.43. The topological polar surface area (TPSA) is 46.2 Å². The third-order valence-electron chi connectivity index (χ3n) is 1.85. The highest BCUT2D eigenvalue weighted by atomic mass is 32.2. The number of halogens is 2. The Labute approximate surface area is 73.4 Å². The number of fused-ring (bicyclic) bond motifs is 1. The summed E-state index contributed by atoms with van der Waals surface area (Å²) in [6.07, 6.45) is 0. The predicted octanol–water partition coefficient (Wildman–Crippen LogP) is 0.757. The summed E-state index contributed by atoms with van der Waals surface area (Å²) in [5.41, 5.74) is 0.263. The summed E-state index contributed by atoms with van der Waals surface area (Å²) in [4.78, 5) is -0.175. The van der Waals surface area contributed by atoms with Crippen LogP contribution in [0.3, 0.4) is 0 Å². The molecule has 1 aromatic rings. The molecular weight excluding hydrogens is 200 g/mol. The molecule has 6 heteroatoms. The molecule has 13 heavy (non-hydrogen) atoms. The van der Waals surface area contributed by atoms with Crippen LogP contribution in [0.4, 0.5) is 8.78 Å². The van der Waals surface area contributed by atoms with E-state index in [-0.39, 0.29) is 17.0 Å². The zero-order valence-corrected chi connectivity index (χ0v) is 7.16. The Hall–Kier alpha value is -1.01. The highest BCUT2D eigenvalue weighted by Gasteiger charge is 2.27. The van der Waals surface area contributed by atoms with Crippen molar-refractivity contribution in [2.24, 2.45) is 0 Å². The summed E-state index contributed by atoms with van der Waals surface area (Å²) in [5.74, 6) is -2.18. The molecule has 70 valence electrons. The maximum Gasteiger partial charge on any atom is 0.241 e. The molecule has 0 unspecified atom stereocenters. The number of rotatable bonds is 0. The third kappa shape index (κ3) is 1.22. The fraction of sp³-hybridized carbons (Fsp3) is 0.143. The zero-order chi connectivity index (χ0) is 9.64. The fourth-order valence-electron chi connectivity index (χ4n) is 1.21. The Morgan fingerprint density at radius 1 is 1.23 bits per heavy atom. The van der Waals surface area contributed by atoms with Gasteiger partial charge in [0.05, 0.1) is 4.90 Å². The molecule has 1 heterocycles. The number of benzene rings is 1. The Bertz CT molecular complexity index is 470. The molecule has 0 saturated carbocycles. The number of hydrogen-bond acceptors (Lipinski definition) is 2. The summed E-state index contributed by atoms with van der Waals surface area (Å²) < 4.78 is 49.7. The molecule has 2 rings (SSSR count). The second-order valence-electron chi connectivity index (χ2n) is 2.70. The highest BCUT2D eigenvalue weighted by molar-refractivity contribution is 7.89.